The molecule has 2 aromatic carbocycles. The van der Waals surface area contributed by atoms with Gasteiger partial charge in [-0.15, -0.1) is 0 Å². The first kappa shape index (κ1) is 17.6. The molecule has 0 amide bonds. The van der Waals surface area contributed by atoms with Crippen LogP contribution < -0.4 is 20.9 Å². The van der Waals surface area contributed by atoms with Gasteiger partial charge in [0.25, 0.3) is 0 Å². The van der Waals surface area contributed by atoms with Crippen molar-refractivity contribution >= 4 is 17.1 Å². The second-order valence-corrected chi connectivity index (χ2v) is 6.63. The van der Waals surface area contributed by atoms with Gasteiger partial charge in [-0.1, -0.05) is 24.6 Å². The Balaban J connectivity index is 1.45. The van der Waals surface area contributed by atoms with Gasteiger partial charge in [0.1, 0.15) is 0 Å². The normalized spacial score (nSPS) is 14.6. The smallest absolute Gasteiger partial charge is 0.0368 e. The number of anilines is 3. The van der Waals surface area contributed by atoms with E-state index in [0.717, 1.165) is 45.7 Å². The lowest BCUT2D eigenvalue weighted by Gasteiger charge is -2.37. The standard InChI is InChI=1S/C21H30N4/c22-13-5-2-6-14-23-19-9-11-21(12-10-19)25-17-15-24(16-18-25)20-7-3-1-4-8-20/h1,3-4,7-12,23H,2,5-6,13-18,22H2. The van der Waals surface area contributed by atoms with Gasteiger partial charge in [-0.05, 0) is 55.8 Å². The molecule has 25 heavy (non-hydrogen) atoms. The highest BCUT2D eigenvalue weighted by molar-refractivity contribution is 5.56. The maximum Gasteiger partial charge on any atom is 0.0368 e. The van der Waals surface area contributed by atoms with Gasteiger partial charge in [-0.3, -0.25) is 0 Å². The molecule has 1 saturated heterocycles. The van der Waals surface area contributed by atoms with E-state index in [1.807, 2.05) is 0 Å². The lowest BCUT2D eigenvalue weighted by atomic mass is 10.2. The number of para-hydroxylation sites is 1. The van der Waals surface area contributed by atoms with Crippen molar-refractivity contribution < 1.29 is 0 Å². The van der Waals surface area contributed by atoms with Gasteiger partial charge in [0.2, 0.25) is 0 Å². The van der Waals surface area contributed by atoms with Crippen LogP contribution in [-0.4, -0.2) is 39.3 Å². The fourth-order valence-corrected chi connectivity index (χ4v) is 3.33. The van der Waals surface area contributed by atoms with E-state index in [-0.39, 0.29) is 0 Å². The largest absolute Gasteiger partial charge is 0.385 e. The van der Waals surface area contributed by atoms with Gasteiger partial charge in [-0.25, -0.2) is 0 Å². The third kappa shape index (κ3) is 5.13. The Morgan fingerprint density at radius 2 is 1.32 bits per heavy atom. The molecule has 3 rings (SSSR count). The molecular weight excluding hydrogens is 308 g/mol. The number of unbranched alkanes of at least 4 members (excludes halogenated alkanes) is 2. The number of benzene rings is 2. The zero-order valence-electron chi connectivity index (χ0n) is 15.0. The summed E-state index contributed by atoms with van der Waals surface area (Å²) in [6, 6.07) is 19.6. The molecule has 0 atom stereocenters. The monoisotopic (exact) mass is 338 g/mol. The second-order valence-electron chi connectivity index (χ2n) is 6.63. The SMILES string of the molecule is NCCCCCNc1ccc(N2CCN(c3ccccc3)CC2)cc1. The molecular formula is C21H30N4. The zero-order chi connectivity index (χ0) is 17.3. The number of hydrogen-bond donors (Lipinski definition) is 2. The Kier molecular flexibility index (Phi) is 6.57. The summed E-state index contributed by atoms with van der Waals surface area (Å²) in [5.41, 5.74) is 9.38. The minimum atomic E-state index is 0.798. The average molecular weight is 338 g/mol. The van der Waals surface area contributed by atoms with Crippen LogP contribution in [0.2, 0.25) is 0 Å². The van der Waals surface area contributed by atoms with Crippen molar-refractivity contribution in [2.24, 2.45) is 5.73 Å². The Morgan fingerprint density at radius 3 is 1.92 bits per heavy atom. The Hall–Kier alpha value is -2.20. The molecule has 0 unspecified atom stereocenters. The van der Waals surface area contributed by atoms with E-state index in [9.17, 15) is 0 Å². The summed E-state index contributed by atoms with van der Waals surface area (Å²) < 4.78 is 0. The summed E-state index contributed by atoms with van der Waals surface area (Å²) in [6.45, 7) is 6.11. The van der Waals surface area contributed by atoms with Gasteiger partial charge in [-0.2, -0.15) is 0 Å². The van der Waals surface area contributed by atoms with Crippen LogP contribution in [0.3, 0.4) is 0 Å². The van der Waals surface area contributed by atoms with Crippen molar-refractivity contribution in [3.8, 4) is 0 Å². The van der Waals surface area contributed by atoms with Crippen LogP contribution in [0.5, 0.6) is 0 Å². The number of rotatable bonds is 8. The van der Waals surface area contributed by atoms with Crippen molar-refractivity contribution in [3.63, 3.8) is 0 Å². The zero-order valence-corrected chi connectivity index (χ0v) is 15.0. The van der Waals surface area contributed by atoms with Crippen molar-refractivity contribution in [2.45, 2.75) is 19.3 Å². The predicted molar refractivity (Wildman–Crippen MR) is 109 cm³/mol. The molecule has 1 aliphatic rings. The molecule has 1 aliphatic heterocycles. The molecule has 0 aromatic heterocycles. The van der Waals surface area contributed by atoms with Crippen LogP contribution in [0.4, 0.5) is 17.1 Å². The summed E-state index contributed by atoms with van der Waals surface area (Å²) >= 11 is 0. The van der Waals surface area contributed by atoms with Gasteiger partial charge < -0.3 is 20.9 Å². The van der Waals surface area contributed by atoms with Gasteiger partial charge >= 0.3 is 0 Å². The molecule has 1 fully saturated rings. The maximum atomic E-state index is 5.52. The minimum Gasteiger partial charge on any atom is -0.385 e. The molecule has 2 aromatic rings. The Bertz CT molecular complexity index is 604. The van der Waals surface area contributed by atoms with E-state index < -0.39 is 0 Å². The van der Waals surface area contributed by atoms with E-state index >= 15 is 0 Å². The van der Waals surface area contributed by atoms with Crippen molar-refractivity contribution in [2.75, 3.05) is 54.4 Å². The number of piperazine rings is 1. The summed E-state index contributed by atoms with van der Waals surface area (Å²) in [6.07, 6.45) is 3.50. The van der Waals surface area contributed by atoms with Crippen molar-refractivity contribution in [3.05, 3.63) is 54.6 Å². The third-order valence-corrected chi connectivity index (χ3v) is 4.84. The predicted octanol–water partition coefficient (Wildman–Crippen LogP) is 3.55. The van der Waals surface area contributed by atoms with Gasteiger partial charge in [0.15, 0.2) is 0 Å². The van der Waals surface area contributed by atoms with E-state index in [4.69, 9.17) is 5.73 Å². The molecule has 0 radical (unpaired) electrons. The Labute approximate surface area is 151 Å². The first-order valence-electron chi connectivity index (χ1n) is 9.46. The molecule has 134 valence electrons. The van der Waals surface area contributed by atoms with Crippen molar-refractivity contribution in [1.82, 2.24) is 0 Å². The first-order valence-corrected chi connectivity index (χ1v) is 9.46. The van der Waals surface area contributed by atoms with E-state index in [1.54, 1.807) is 0 Å². The van der Waals surface area contributed by atoms with E-state index in [1.165, 1.54) is 29.9 Å². The van der Waals surface area contributed by atoms with Gasteiger partial charge in [0.05, 0.1) is 0 Å². The minimum absolute atomic E-state index is 0.798. The molecule has 0 saturated carbocycles. The van der Waals surface area contributed by atoms with Gasteiger partial charge in [0, 0.05) is 49.8 Å². The molecule has 0 aliphatic carbocycles. The van der Waals surface area contributed by atoms with Crippen LogP contribution in [0, 0.1) is 0 Å². The molecule has 0 spiro atoms. The lowest BCUT2D eigenvalue weighted by Crippen LogP contribution is -2.46. The molecule has 0 bridgehead atoms. The fourth-order valence-electron chi connectivity index (χ4n) is 3.33. The number of nitrogens with two attached hydrogens (primary N) is 1. The summed E-state index contributed by atoms with van der Waals surface area (Å²) in [4.78, 5) is 4.94. The molecule has 4 nitrogen and oxygen atoms in total. The summed E-state index contributed by atoms with van der Waals surface area (Å²) in [5.74, 6) is 0. The number of hydrogen-bond acceptors (Lipinski definition) is 4. The van der Waals surface area contributed by atoms with Crippen LogP contribution in [0.25, 0.3) is 0 Å². The number of nitrogens with zero attached hydrogens (tertiary/aromatic N) is 2. The van der Waals surface area contributed by atoms with Crippen molar-refractivity contribution in [1.29, 1.82) is 0 Å². The van der Waals surface area contributed by atoms with Crippen LogP contribution in [-0.2, 0) is 0 Å². The number of nitrogens with one attached hydrogen (secondary N) is 1. The highest BCUT2D eigenvalue weighted by Gasteiger charge is 2.17. The highest BCUT2D eigenvalue weighted by atomic mass is 15.3. The summed E-state index contributed by atoms with van der Waals surface area (Å²) in [5, 5.41) is 3.49. The molecule has 4 heteroatoms. The quantitative estimate of drug-likeness (QED) is 0.723. The maximum absolute atomic E-state index is 5.52. The lowest BCUT2D eigenvalue weighted by molar-refractivity contribution is 0.653. The van der Waals surface area contributed by atoms with E-state index in [0.29, 0.717) is 0 Å². The average Bonchev–Trinajstić information content (AvgIpc) is 2.69. The van der Waals surface area contributed by atoms with E-state index in [2.05, 4.69) is 69.7 Å². The molecule has 1 heterocycles. The first-order chi connectivity index (χ1) is 12.4. The Morgan fingerprint density at radius 1 is 0.720 bits per heavy atom. The van der Waals surface area contributed by atoms with Crippen LogP contribution in [0.15, 0.2) is 54.6 Å². The molecule has 3 N–H and O–H groups in total. The third-order valence-electron chi connectivity index (χ3n) is 4.84. The van der Waals surface area contributed by atoms with Crippen LogP contribution >= 0.6 is 0 Å². The highest BCUT2D eigenvalue weighted by Crippen LogP contribution is 2.22. The topological polar surface area (TPSA) is 44.5 Å². The fraction of sp³-hybridized carbons (Fsp3) is 0.429. The second kappa shape index (κ2) is 9.33. The van der Waals surface area contributed by atoms with Crippen LogP contribution in [0.1, 0.15) is 19.3 Å². The summed E-state index contributed by atoms with van der Waals surface area (Å²) in [7, 11) is 0.